The quantitative estimate of drug-likeness (QED) is 0.267. The van der Waals surface area contributed by atoms with Gasteiger partial charge in [-0.2, -0.15) is 0 Å². The summed E-state index contributed by atoms with van der Waals surface area (Å²) in [7, 11) is 0. The van der Waals surface area contributed by atoms with Crippen molar-refractivity contribution >= 4 is 53.3 Å². The van der Waals surface area contributed by atoms with E-state index in [1.54, 1.807) is 22.2 Å². The van der Waals surface area contributed by atoms with Crippen LogP contribution in [-0.2, 0) is 6.61 Å². The zero-order valence-corrected chi connectivity index (χ0v) is 20.3. The first-order chi connectivity index (χ1) is 16.1. The molecule has 0 aliphatic carbocycles. The van der Waals surface area contributed by atoms with Gasteiger partial charge in [0.1, 0.15) is 28.2 Å². The van der Waals surface area contributed by atoms with Gasteiger partial charge in [0.05, 0.1) is 9.99 Å². The van der Waals surface area contributed by atoms with Crippen LogP contribution in [0.1, 0.15) is 16.8 Å². The largest absolute Gasteiger partial charge is 0.488 e. The lowest BCUT2D eigenvalue weighted by Gasteiger charge is -2.08. The molecule has 4 aromatic heterocycles. The third kappa shape index (κ3) is 3.55. The Balaban J connectivity index is 1.34. The summed E-state index contributed by atoms with van der Waals surface area (Å²) in [5.74, 6) is 1.49. The minimum absolute atomic E-state index is 0.486. The lowest BCUT2D eigenvalue weighted by atomic mass is 10.1. The summed E-state index contributed by atoms with van der Waals surface area (Å²) >= 11 is 5.13. The molecule has 0 amide bonds. The number of benzene rings is 2. The molecule has 8 heteroatoms. The Morgan fingerprint density at radius 3 is 2.67 bits per heavy atom. The maximum Gasteiger partial charge on any atom is 0.182 e. The summed E-state index contributed by atoms with van der Waals surface area (Å²) in [4.78, 5) is 15.2. The van der Waals surface area contributed by atoms with Crippen molar-refractivity contribution in [1.29, 1.82) is 0 Å². The average molecular weight is 516 g/mol. The predicted octanol–water partition coefficient (Wildman–Crippen LogP) is 6.51. The number of thiophene rings is 1. The van der Waals surface area contributed by atoms with Gasteiger partial charge >= 0.3 is 0 Å². The van der Waals surface area contributed by atoms with E-state index in [-0.39, 0.29) is 0 Å². The molecule has 0 bridgehead atoms. The van der Waals surface area contributed by atoms with Gasteiger partial charge < -0.3 is 4.74 Å². The van der Waals surface area contributed by atoms with Crippen molar-refractivity contribution in [1.82, 2.24) is 24.6 Å². The molecule has 6 aromatic rings. The number of para-hydroxylation sites is 1. The molecule has 4 heterocycles. The van der Waals surface area contributed by atoms with Crippen molar-refractivity contribution in [2.45, 2.75) is 20.5 Å². The summed E-state index contributed by atoms with van der Waals surface area (Å²) in [6.45, 7) is 4.61. The molecular formula is C25H18BrN5OS. The van der Waals surface area contributed by atoms with E-state index in [1.807, 2.05) is 55.5 Å². The van der Waals surface area contributed by atoms with Crippen LogP contribution in [0.3, 0.4) is 0 Å². The molecule has 0 atom stereocenters. The molecule has 6 nitrogen and oxygen atoms in total. The van der Waals surface area contributed by atoms with E-state index >= 15 is 0 Å². The molecule has 0 N–H and O–H groups in total. The van der Waals surface area contributed by atoms with E-state index in [9.17, 15) is 0 Å². The normalized spacial score (nSPS) is 11.6. The van der Waals surface area contributed by atoms with Crippen LogP contribution in [0.25, 0.3) is 37.5 Å². The van der Waals surface area contributed by atoms with E-state index < -0.39 is 0 Å². The van der Waals surface area contributed by atoms with Crippen molar-refractivity contribution in [3.63, 3.8) is 0 Å². The second kappa shape index (κ2) is 7.90. The fraction of sp³-hybridized carbons (Fsp3) is 0.120. The number of aryl methyl sites for hydroxylation is 2. The first-order valence-electron chi connectivity index (χ1n) is 10.5. The highest BCUT2D eigenvalue weighted by Crippen LogP contribution is 2.36. The first-order valence-corrected chi connectivity index (χ1v) is 12.1. The topological polar surface area (TPSA) is 65.2 Å². The summed E-state index contributed by atoms with van der Waals surface area (Å²) < 4.78 is 9.61. The Morgan fingerprint density at radius 2 is 1.85 bits per heavy atom. The van der Waals surface area contributed by atoms with Crippen LogP contribution in [0.2, 0.25) is 0 Å². The van der Waals surface area contributed by atoms with Crippen molar-refractivity contribution < 1.29 is 4.74 Å². The Kier molecular flexibility index (Phi) is 4.85. The molecule has 162 valence electrons. The molecule has 0 saturated carbocycles. The fourth-order valence-corrected chi connectivity index (χ4v) is 5.59. The molecule has 2 aromatic carbocycles. The van der Waals surface area contributed by atoms with Gasteiger partial charge in [0.15, 0.2) is 11.5 Å². The van der Waals surface area contributed by atoms with E-state index in [2.05, 4.69) is 39.0 Å². The number of ether oxygens (including phenoxy) is 1. The molecule has 6 rings (SSSR count). The summed E-state index contributed by atoms with van der Waals surface area (Å²) in [5, 5.41) is 5.77. The number of aromatic nitrogens is 5. The van der Waals surface area contributed by atoms with E-state index in [0.717, 1.165) is 53.1 Å². The SMILES string of the molecule is Cc1cc(C)c2c(n1)sc1c2ncn2nc(-c3ccc(COc4ccccc4Br)cc3)nc12. The number of rotatable bonds is 4. The van der Waals surface area contributed by atoms with Gasteiger partial charge in [0.25, 0.3) is 0 Å². The number of pyridine rings is 1. The highest BCUT2D eigenvalue weighted by molar-refractivity contribution is 9.10. The standard InChI is InChI=1S/C25H18BrN5OS/c1-14-11-15(2)28-25-20(14)21-22(33-25)24-29-23(30-31(24)13-27-21)17-9-7-16(8-10-17)12-32-19-6-4-3-5-18(19)26/h3-11,13H,12H2,1-2H3. The lowest BCUT2D eigenvalue weighted by Crippen LogP contribution is -1.96. The third-order valence-corrected chi connectivity index (χ3v) is 7.26. The van der Waals surface area contributed by atoms with Gasteiger partial charge in [-0.3, -0.25) is 0 Å². The van der Waals surface area contributed by atoms with Crippen molar-refractivity contribution in [2.75, 3.05) is 0 Å². The van der Waals surface area contributed by atoms with Crippen LogP contribution < -0.4 is 4.74 Å². The van der Waals surface area contributed by atoms with Gasteiger partial charge in [-0.15, -0.1) is 16.4 Å². The number of fused-ring (bicyclic) bond motifs is 5. The van der Waals surface area contributed by atoms with Crippen LogP contribution in [0.4, 0.5) is 0 Å². The van der Waals surface area contributed by atoms with Crippen molar-refractivity contribution in [3.8, 4) is 17.1 Å². The monoisotopic (exact) mass is 515 g/mol. The minimum atomic E-state index is 0.486. The molecule has 0 saturated heterocycles. The van der Waals surface area contributed by atoms with E-state index in [4.69, 9.17) is 14.7 Å². The Labute approximate surface area is 202 Å². The number of nitrogens with zero attached hydrogens (tertiary/aromatic N) is 5. The molecule has 0 unspecified atom stereocenters. The maximum absolute atomic E-state index is 5.92. The lowest BCUT2D eigenvalue weighted by molar-refractivity contribution is 0.304. The molecule has 0 spiro atoms. The Morgan fingerprint density at radius 1 is 1.03 bits per heavy atom. The van der Waals surface area contributed by atoms with Crippen LogP contribution in [0, 0.1) is 13.8 Å². The summed E-state index contributed by atoms with van der Waals surface area (Å²) in [6, 6.07) is 18.1. The smallest absolute Gasteiger partial charge is 0.182 e. The Hall–Kier alpha value is -3.36. The predicted molar refractivity (Wildman–Crippen MR) is 135 cm³/mol. The third-order valence-electron chi connectivity index (χ3n) is 5.54. The van der Waals surface area contributed by atoms with Gasteiger partial charge in [0.2, 0.25) is 0 Å². The van der Waals surface area contributed by atoms with E-state index in [1.165, 1.54) is 5.56 Å². The van der Waals surface area contributed by atoms with E-state index in [0.29, 0.717) is 12.4 Å². The molecule has 0 fully saturated rings. The molecule has 0 aliphatic heterocycles. The van der Waals surface area contributed by atoms with Crippen LogP contribution in [0.15, 0.2) is 65.4 Å². The van der Waals surface area contributed by atoms with Gasteiger partial charge in [-0.1, -0.05) is 36.4 Å². The molecule has 0 radical (unpaired) electrons. The van der Waals surface area contributed by atoms with Crippen molar-refractivity contribution in [3.05, 3.63) is 82.2 Å². The number of hydrogen-bond acceptors (Lipinski definition) is 6. The zero-order valence-electron chi connectivity index (χ0n) is 17.9. The fourth-order valence-electron chi connectivity index (χ4n) is 3.96. The second-order valence-corrected chi connectivity index (χ2v) is 9.76. The highest BCUT2D eigenvalue weighted by atomic mass is 79.9. The van der Waals surface area contributed by atoms with Crippen LogP contribution >= 0.6 is 27.3 Å². The van der Waals surface area contributed by atoms with Crippen molar-refractivity contribution in [2.24, 2.45) is 0 Å². The minimum Gasteiger partial charge on any atom is -0.488 e. The summed E-state index contributed by atoms with van der Waals surface area (Å²) in [6.07, 6.45) is 1.74. The summed E-state index contributed by atoms with van der Waals surface area (Å²) in [5.41, 5.74) is 5.95. The van der Waals surface area contributed by atoms with Crippen LogP contribution in [0.5, 0.6) is 5.75 Å². The zero-order chi connectivity index (χ0) is 22.5. The van der Waals surface area contributed by atoms with Gasteiger partial charge in [0, 0.05) is 16.6 Å². The molecule has 33 heavy (non-hydrogen) atoms. The first kappa shape index (κ1) is 20.3. The van der Waals surface area contributed by atoms with Crippen LogP contribution in [-0.4, -0.2) is 24.6 Å². The van der Waals surface area contributed by atoms with Gasteiger partial charge in [-0.25, -0.2) is 19.5 Å². The highest BCUT2D eigenvalue weighted by Gasteiger charge is 2.17. The second-order valence-electron chi connectivity index (χ2n) is 7.90. The number of halogens is 1. The maximum atomic E-state index is 5.92. The Bertz CT molecular complexity index is 1660. The average Bonchev–Trinajstić information content (AvgIpc) is 3.40. The molecule has 0 aliphatic rings. The van der Waals surface area contributed by atoms with Gasteiger partial charge in [-0.05, 0) is 59.1 Å². The molecular weight excluding hydrogens is 498 g/mol. The number of hydrogen-bond donors (Lipinski definition) is 0.